The van der Waals surface area contributed by atoms with E-state index in [9.17, 15) is 4.79 Å². The molecule has 25 heavy (non-hydrogen) atoms. The zero-order valence-electron chi connectivity index (χ0n) is 14.6. The number of ether oxygens (including phenoxy) is 1. The number of carbonyl (C=O) groups is 1. The Morgan fingerprint density at radius 2 is 1.80 bits per heavy atom. The minimum absolute atomic E-state index is 0.00823. The highest BCUT2D eigenvalue weighted by Gasteiger charge is 2.16. The summed E-state index contributed by atoms with van der Waals surface area (Å²) in [6, 6.07) is 19.9. The molecular formula is C21H21NO2S. The number of carbonyl (C=O) groups excluding carboxylic acids is 1. The first-order valence-corrected chi connectivity index (χ1v) is 9.36. The molecule has 1 atom stereocenters. The van der Waals surface area contributed by atoms with Crippen molar-refractivity contribution >= 4 is 34.1 Å². The van der Waals surface area contributed by atoms with Gasteiger partial charge in [-0.15, -0.1) is 11.8 Å². The van der Waals surface area contributed by atoms with Crippen LogP contribution in [0.1, 0.15) is 18.4 Å². The molecule has 0 bridgehead atoms. The number of hydrogen-bond donors (Lipinski definition) is 1. The van der Waals surface area contributed by atoms with Gasteiger partial charge in [0.25, 0.3) is 0 Å². The molecule has 0 fully saturated rings. The molecule has 0 unspecified atom stereocenters. The van der Waals surface area contributed by atoms with E-state index in [1.807, 2.05) is 67.8 Å². The molecule has 0 aromatic heterocycles. The van der Waals surface area contributed by atoms with Gasteiger partial charge in [0, 0.05) is 10.6 Å². The number of benzene rings is 3. The number of fused-ring (bicyclic) bond motifs is 1. The third kappa shape index (κ3) is 3.97. The molecule has 0 saturated heterocycles. The largest absolute Gasteiger partial charge is 0.497 e. The van der Waals surface area contributed by atoms with Gasteiger partial charge in [-0.05, 0) is 59.8 Å². The van der Waals surface area contributed by atoms with Crippen LogP contribution in [0.4, 0.5) is 5.69 Å². The Labute approximate surface area is 152 Å². The number of methoxy groups -OCH3 is 1. The van der Waals surface area contributed by atoms with Gasteiger partial charge in [0.1, 0.15) is 5.75 Å². The van der Waals surface area contributed by atoms with Crippen LogP contribution in [0, 0.1) is 0 Å². The van der Waals surface area contributed by atoms with Crippen LogP contribution in [0.3, 0.4) is 0 Å². The van der Waals surface area contributed by atoms with Crippen molar-refractivity contribution < 1.29 is 9.53 Å². The number of rotatable bonds is 5. The lowest BCUT2D eigenvalue weighted by Crippen LogP contribution is -2.18. The van der Waals surface area contributed by atoms with E-state index < -0.39 is 0 Å². The summed E-state index contributed by atoms with van der Waals surface area (Å²) < 4.78 is 5.26. The average molecular weight is 351 g/mol. The van der Waals surface area contributed by atoms with E-state index in [1.165, 1.54) is 0 Å². The standard InChI is InChI=1S/C21H21NO2S/c1-14(21(23)22-18-5-4-6-20(13-18)25-3)15-7-8-17-12-19(24-2)10-9-16(17)11-15/h4-14H,1-3H3,(H,22,23)/t14-/m0/s1. The van der Waals surface area contributed by atoms with Crippen molar-refractivity contribution in [2.24, 2.45) is 0 Å². The lowest BCUT2D eigenvalue weighted by molar-refractivity contribution is -0.117. The van der Waals surface area contributed by atoms with Crippen LogP contribution in [0.2, 0.25) is 0 Å². The minimum atomic E-state index is -0.232. The van der Waals surface area contributed by atoms with Crippen LogP contribution in [0.5, 0.6) is 5.75 Å². The van der Waals surface area contributed by atoms with Crippen molar-refractivity contribution in [3.63, 3.8) is 0 Å². The SMILES string of the molecule is COc1ccc2cc([C@H](C)C(=O)Nc3cccc(SC)c3)ccc2c1. The second kappa shape index (κ2) is 7.62. The summed E-state index contributed by atoms with van der Waals surface area (Å²) in [6.07, 6.45) is 2.02. The maximum Gasteiger partial charge on any atom is 0.231 e. The Balaban J connectivity index is 1.80. The van der Waals surface area contributed by atoms with Gasteiger partial charge in [0.05, 0.1) is 13.0 Å². The summed E-state index contributed by atoms with van der Waals surface area (Å²) in [7, 11) is 1.66. The van der Waals surface area contributed by atoms with Crippen molar-refractivity contribution in [1.82, 2.24) is 0 Å². The fourth-order valence-electron chi connectivity index (χ4n) is 2.74. The maximum absolute atomic E-state index is 12.6. The predicted octanol–water partition coefficient (Wildman–Crippen LogP) is 5.31. The fraction of sp³-hybridized carbons (Fsp3) is 0.190. The van der Waals surface area contributed by atoms with E-state index >= 15 is 0 Å². The highest BCUT2D eigenvalue weighted by atomic mass is 32.2. The highest BCUT2D eigenvalue weighted by molar-refractivity contribution is 7.98. The van der Waals surface area contributed by atoms with Crippen molar-refractivity contribution in [1.29, 1.82) is 0 Å². The van der Waals surface area contributed by atoms with E-state index in [-0.39, 0.29) is 11.8 Å². The van der Waals surface area contributed by atoms with Crippen molar-refractivity contribution in [2.75, 3.05) is 18.7 Å². The number of thioether (sulfide) groups is 1. The number of amides is 1. The number of anilines is 1. The minimum Gasteiger partial charge on any atom is -0.497 e. The van der Waals surface area contributed by atoms with Crippen LogP contribution in [-0.2, 0) is 4.79 Å². The molecule has 0 saturated carbocycles. The van der Waals surface area contributed by atoms with E-state index in [1.54, 1.807) is 18.9 Å². The molecule has 3 nitrogen and oxygen atoms in total. The van der Waals surface area contributed by atoms with Crippen molar-refractivity contribution in [3.05, 3.63) is 66.2 Å². The van der Waals surface area contributed by atoms with E-state index in [0.717, 1.165) is 32.7 Å². The monoisotopic (exact) mass is 351 g/mol. The Bertz CT molecular complexity index is 907. The fourth-order valence-corrected chi connectivity index (χ4v) is 3.20. The third-order valence-electron chi connectivity index (χ3n) is 4.30. The van der Waals surface area contributed by atoms with Gasteiger partial charge in [-0.1, -0.05) is 30.3 Å². The molecule has 0 aliphatic rings. The van der Waals surface area contributed by atoms with Gasteiger partial charge < -0.3 is 10.1 Å². The summed E-state index contributed by atoms with van der Waals surface area (Å²) in [6.45, 7) is 1.93. The maximum atomic E-state index is 12.6. The van der Waals surface area contributed by atoms with Crippen LogP contribution < -0.4 is 10.1 Å². The number of nitrogens with one attached hydrogen (secondary N) is 1. The molecule has 3 aromatic carbocycles. The molecule has 0 aliphatic carbocycles. The van der Waals surface area contributed by atoms with Gasteiger partial charge in [0.2, 0.25) is 5.91 Å². The molecular weight excluding hydrogens is 330 g/mol. The second-order valence-electron chi connectivity index (χ2n) is 5.92. The predicted molar refractivity (Wildman–Crippen MR) is 106 cm³/mol. The van der Waals surface area contributed by atoms with Gasteiger partial charge in [-0.25, -0.2) is 0 Å². The normalized spacial score (nSPS) is 12.0. The second-order valence-corrected chi connectivity index (χ2v) is 6.80. The van der Waals surface area contributed by atoms with Crippen LogP contribution in [0.25, 0.3) is 10.8 Å². The summed E-state index contributed by atoms with van der Waals surface area (Å²) in [5, 5.41) is 5.21. The molecule has 128 valence electrons. The summed E-state index contributed by atoms with van der Waals surface area (Å²) in [4.78, 5) is 13.7. The molecule has 0 aliphatic heterocycles. The topological polar surface area (TPSA) is 38.3 Å². The smallest absolute Gasteiger partial charge is 0.231 e. The zero-order chi connectivity index (χ0) is 17.8. The summed E-state index contributed by atoms with van der Waals surface area (Å²) in [5.41, 5.74) is 1.82. The van der Waals surface area contributed by atoms with Gasteiger partial charge in [-0.3, -0.25) is 4.79 Å². The molecule has 4 heteroatoms. The molecule has 0 heterocycles. The molecule has 1 amide bonds. The lowest BCUT2D eigenvalue weighted by atomic mass is 9.97. The lowest BCUT2D eigenvalue weighted by Gasteiger charge is -2.14. The quantitative estimate of drug-likeness (QED) is 0.633. The van der Waals surface area contributed by atoms with Gasteiger partial charge in [0.15, 0.2) is 0 Å². The van der Waals surface area contributed by atoms with Gasteiger partial charge >= 0.3 is 0 Å². The number of hydrogen-bond acceptors (Lipinski definition) is 3. The molecule has 3 aromatic rings. The Kier molecular flexibility index (Phi) is 5.29. The highest BCUT2D eigenvalue weighted by Crippen LogP contribution is 2.26. The first kappa shape index (κ1) is 17.4. The van der Waals surface area contributed by atoms with E-state index in [0.29, 0.717) is 0 Å². The average Bonchev–Trinajstić information content (AvgIpc) is 2.66. The first-order chi connectivity index (χ1) is 12.1. The Morgan fingerprint density at radius 3 is 2.56 bits per heavy atom. The van der Waals surface area contributed by atoms with Crippen LogP contribution in [0.15, 0.2) is 65.6 Å². The molecule has 0 spiro atoms. The van der Waals surface area contributed by atoms with Crippen molar-refractivity contribution in [2.45, 2.75) is 17.7 Å². The zero-order valence-corrected chi connectivity index (χ0v) is 15.4. The van der Waals surface area contributed by atoms with Crippen molar-refractivity contribution in [3.8, 4) is 5.75 Å². The van der Waals surface area contributed by atoms with Crippen LogP contribution in [-0.4, -0.2) is 19.3 Å². The first-order valence-electron chi connectivity index (χ1n) is 8.13. The summed E-state index contributed by atoms with van der Waals surface area (Å²) in [5.74, 6) is 0.593. The molecule has 0 radical (unpaired) electrons. The Morgan fingerprint density at radius 1 is 1.04 bits per heavy atom. The Hall–Kier alpha value is -2.46. The third-order valence-corrected chi connectivity index (χ3v) is 5.03. The van der Waals surface area contributed by atoms with Gasteiger partial charge in [-0.2, -0.15) is 0 Å². The van der Waals surface area contributed by atoms with E-state index in [2.05, 4.69) is 11.4 Å². The van der Waals surface area contributed by atoms with Crippen LogP contribution >= 0.6 is 11.8 Å². The molecule has 1 N–H and O–H groups in total. The summed E-state index contributed by atoms with van der Waals surface area (Å²) >= 11 is 1.66. The van der Waals surface area contributed by atoms with E-state index in [4.69, 9.17) is 4.74 Å². The molecule has 3 rings (SSSR count).